The average molecular weight is 361 g/mol. The van der Waals surface area contributed by atoms with Crippen molar-refractivity contribution in [1.29, 1.82) is 0 Å². The number of nitrogens with two attached hydrogens (primary N) is 1. The number of anilines is 1. The summed E-state index contributed by atoms with van der Waals surface area (Å²) in [4.78, 5) is 23.5. The lowest BCUT2D eigenvalue weighted by Crippen LogP contribution is -2.22. The highest BCUT2D eigenvalue weighted by molar-refractivity contribution is 6.32. The number of nitrogens with one attached hydrogen (secondary N) is 1. The van der Waals surface area contributed by atoms with E-state index in [1.807, 2.05) is 26.0 Å². The summed E-state index contributed by atoms with van der Waals surface area (Å²) in [5.41, 5.74) is 8.23. The van der Waals surface area contributed by atoms with E-state index < -0.39 is 5.91 Å². The summed E-state index contributed by atoms with van der Waals surface area (Å²) >= 11 is 6.24. The third kappa shape index (κ3) is 4.73. The monoisotopic (exact) mass is 360 g/mol. The summed E-state index contributed by atoms with van der Waals surface area (Å²) in [5.74, 6) is -0.436. The van der Waals surface area contributed by atoms with Crippen molar-refractivity contribution in [3.8, 4) is 5.75 Å². The Balaban J connectivity index is 2.09. The van der Waals surface area contributed by atoms with Gasteiger partial charge in [0.2, 0.25) is 5.91 Å². The first-order chi connectivity index (χ1) is 12.0. The molecule has 3 N–H and O–H groups in total. The average Bonchev–Trinajstić information content (AvgIpc) is 2.60. The topological polar surface area (TPSA) is 81.4 Å². The van der Waals surface area contributed by atoms with E-state index in [0.29, 0.717) is 22.8 Å². The van der Waals surface area contributed by atoms with Crippen molar-refractivity contribution in [2.45, 2.75) is 26.7 Å². The van der Waals surface area contributed by atoms with Crippen LogP contribution in [0.1, 0.15) is 35.3 Å². The van der Waals surface area contributed by atoms with Crippen LogP contribution in [0.2, 0.25) is 5.02 Å². The standard InChI is InChI=1S/C19H21ClN2O3/c1-3-12-8-9-16(20)15(4-2)18(12)22-17(23)11-25-14-7-5-6-13(10-14)19(21)24/h5-10H,3-4,11H2,1-2H3,(H2,21,24)(H,22,23). The molecule has 0 aliphatic rings. The van der Waals surface area contributed by atoms with Crippen molar-refractivity contribution in [1.82, 2.24) is 0 Å². The summed E-state index contributed by atoms with van der Waals surface area (Å²) in [6.45, 7) is 3.83. The van der Waals surface area contributed by atoms with E-state index in [4.69, 9.17) is 22.1 Å². The van der Waals surface area contributed by atoms with Gasteiger partial charge in [0.05, 0.1) is 0 Å². The Morgan fingerprint density at radius 3 is 2.56 bits per heavy atom. The lowest BCUT2D eigenvalue weighted by atomic mass is 10.0. The number of hydrogen-bond donors (Lipinski definition) is 2. The maximum absolute atomic E-state index is 12.3. The quantitative estimate of drug-likeness (QED) is 0.791. The molecule has 2 aromatic rings. The van der Waals surface area contributed by atoms with Gasteiger partial charge in [-0.05, 0) is 48.2 Å². The molecule has 0 aliphatic carbocycles. The predicted molar refractivity (Wildman–Crippen MR) is 99.3 cm³/mol. The van der Waals surface area contributed by atoms with Gasteiger partial charge in [-0.3, -0.25) is 9.59 Å². The molecule has 0 radical (unpaired) electrons. The molecule has 2 aromatic carbocycles. The highest BCUT2D eigenvalue weighted by atomic mass is 35.5. The van der Waals surface area contributed by atoms with Gasteiger partial charge in [0, 0.05) is 16.3 Å². The maximum Gasteiger partial charge on any atom is 0.262 e. The summed E-state index contributed by atoms with van der Waals surface area (Å²) in [7, 11) is 0. The normalized spacial score (nSPS) is 10.4. The van der Waals surface area contributed by atoms with Crippen LogP contribution in [0, 0.1) is 0 Å². The van der Waals surface area contributed by atoms with Gasteiger partial charge in [0.15, 0.2) is 6.61 Å². The molecule has 0 aliphatic heterocycles. The molecule has 0 atom stereocenters. The smallest absolute Gasteiger partial charge is 0.262 e. The molecule has 0 saturated heterocycles. The first-order valence-electron chi connectivity index (χ1n) is 8.09. The highest BCUT2D eigenvalue weighted by Gasteiger charge is 2.14. The van der Waals surface area contributed by atoms with Crippen molar-refractivity contribution in [2.75, 3.05) is 11.9 Å². The van der Waals surface area contributed by atoms with Gasteiger partial charge >= 0.3 is 0 Å². The van der Waals surface area contributed by atoms with E-state index in [1.54, 1.807) is 18.2 Å². The SMILES string of the molecule is CCc1ccc(Cl)c(CC)c1NC(=O)COc1cccc(C(N)=O)c1. The minimum absolute atomic E-state index is 0.180. The van der Waals surface area contributed by atoms with Gasteiger partial charge in [-0.25, -0.2) is 0 Å². The Morgan fingerprint density at radius 2 is 1.92 bits per heavy atom. The molecular formula is C19H21ClN2O3. The number of amides is 2. The van der Waals surface area contributed by atoms with Crippen LogP contribution in [0.15, 0.2) is 36.4 Å². The van der Waals surface area contributed by atoms with Gasteiger partial charge in [-0.1, -0.05) is 37.6 Å². The van der Waals surface area contributed by atoms with Gasteiger partial charge in [0.25, 0.3) is 5.91 Å². The minimum Gasteiger partial charge on any atom is -0.484 e. The molecular weight excluding hydrogens is 340 g/mol. The zero-order valence-corrected chi connectivity index (χ0v) is 15.0. The van der Waals surface area contributed by atoms with Crippen LogP contribution in [-0.2, 0) is 17.6 Å². The summed E-state index contributed by atoms with van der Waals surface area (Å²) in [6, 6.07) is 10.2. The van der Waals surface area contributed by atoms with Gasteiger partial charge in [0.1, 0.15) is 5.75 Å². The fourth-order valence-corrected chi connectivity index (χ4v) is 2.82. The Hall–Kier alpha value is -2.53. The first-order valence-corrected chi connectivity index (χ1v) is 8.46. The lowest BCUT2D eigenvalue weighted by Gasteiger charge is -2.16. The van der Waals surface area contributed by atoms with Crippen LogP contribution in [0.4, 0.5) is 5.69 Å². The van der Waals surface area contributed by atoms with E-state index in [-0.39, 0.29) is 12.5 Å². The fraction of sp³-hybridized carbons (Fsp3) is 0.263. The number of aryl methyl sites for hydroxylation is 1. The third-order valence-corrected chi connectivity index (χ3v) is 4.18. The Bertz CT molecular complexity index is 790. The molecule has 0 fully saturated rings. The molecule has 5 nitrogen and oxygen atoms in total. The fourth-order valence-electron chi connectivity index (χ4n) is 2.53. The molecule has 132 valence electrons. The number of rotatable bonds is 7. The molecule has 0 bridgehead atoms. The Kier molecular flexibility index (Phi) is 6.42. The number of primary amides is 1. The van der Waals surface area contributed by atoms with Gasteiger partial charge < -0.3 is 15.8 Å². The second-order valence-electron chi connectivity index (χ2n) is 5.50. The van der Waals surface area contributed by atoms with Crippen molar-refractivity contribution in [2.24, 2.45) is 5.73 Å². The third-order valence-electron chi connectivity index (χ3n) is 3.83. The molecule has 0 aromatic heterocycles. The van der Waals surface area contributed by atoms with Gasteiger partial charge in [-0.2, -0.15) is 0 Å². The summed E-state index contributed by atoms with van der Waals surface area (Å²) in [6.07, 6.45) is 1.49. The second-order valence-corrected chi connectivity index (χ2v) is 5.90. The number of halogens is 1. The van der Waals surface area contributed by atoms with Crippen molar-refractivity contribution in [3.05, 3.63) is 58.1 Å². The van der Waals surface area contributed by atoms with Crippen LogP contribution in [0.3, 0.4) is 0 Å². The number of carbonyl (C=O) groups excluding carboxylic acids is 2. The molecule has 6 heteroatoms. The molecule has 0 unspecified atom stereocenters. The molecule has 0 spiro atoms. The Labute approximate surface area is 152 Å². The number of hydrogen-bond acceptors (Lipinski definition) is 3. The largest absolute Gasteiger partial charge is 0.484 e. The predicted octanol–water partition coefficient (Wildman–Crippen LogP) is 3.58. The van der Waals surface area contributed by atoms with Crippen molar-refractivity contribution in [3.63, 3.8) is 0 Å². The maximum atomic E-state index is 12.3. The first kappa shape index (κ1) is 18.8. The van der Waals surface area contributed by atoms with Gasteiger partial charge in [-0.15, -0.1) is 0 Å². The number of ether oxygens (including phenoxy) is 1. The molecule has 2 rings (SSSR count). The Morgan fingerprint density at radius 1 is 1.16 bits per heavy atom. The summed E-state index contributed by atoms with van der Waals surface area (Å²) in [5, 5.41) is 3.52. The summed E-state index contributed by atoms with van der Waals surface area (Å²) < 4.78 is 5.46. The highest BCUT2D eigenvalue weighted by Crippen LogP contribution is 2.29. The van der Waals surface area contributed by atoms with E-state index in [1.165, 1.54) is 6.07 Å². The van der Waals surface area contributed by atoms with E-state index in [9.17, 15) is 9.59 Å². The lowest BCUT2D eigenvalue weighted by molar-refractivity contribution is -0.118. The molecule has 0 heterocycles. The van der Waals surface area contributed by atoms with Crippen LogP contribution >= 0.6 is 11.6 Å². The zero-order chi connectivity index (χ0) is 18.4. The van der Waals surface area contributed by atoms with Crippen LogP contribution in [-0.4, -0.2) is 18.4 Å². The van der Waals surface area contributed by atoms with Crippen molar-refractivity contribution >= 4 is 29.1 Å². The number of benzene rings is 2. The molecule has 25 heavy (non-hydrogen) atoms. The molecule has 0 saturated carbocycles. The second kappa shape index (κ2) is 8.53. The van der Waals surface area contributed by atoms with Crippen molar-refractivity contribution < 1.29 is 14.3 Å². The van der Waals surface area contributed by atoms with E-state index >= 15 is 0 Å². The van der Waals surface area contributed by atoms with Crippen LogP contribution in [0.5, 0.6) is 5.75 Å². The zero-order valence-electron chi connectivity index (χ0n) is 14.3. The van der Waals surface area contributed by atoms with Crippen LogP contribution < -0.4 is 15.8 Å². The minimum atomic E-state index is -0.547. The van der Waals surface area contributed by atoms with E-state index in [0.717, 1.165) is 23.2 Å². The molecule has 2 amide bonds. The van der Waals surface area contributed by atoms with Crippen LogP contribution in [0.25, 0.3) is 0 Å². The van der Waals surface area contributed by atoms with E-state index in [2.05, 4.69) is 5.32 Å². The number of carbonyl (C=O) groups is 2.